The standard InChI is InChI=1S/C11H10N2O2/c12-13-8-4-5-9-7(6-8)2-1-3-10(9)11(14)15/h1-6,13H,12H2,(H,14,15). The fourth-order valence-corrected chi connectivity index (χ4v) is 1.56. The molecule has 0 amide bonds. The number of rotatable bonds is 2. The van der Waals surface area contributed by atoms with E-state index in [4.69, 9.17) is 10.9 Å². The lowest BCUT2D eigenvalue weighted by molar-refractivity contribution is 0.0699. The number of nitrogens with one attached hydrogen (secondary N) is 1. The van der Waals surface area contributed by atoms with Gasteiger partial charge in [-0.05, 0) is 29.0 Å². The van der Waals surface area contributed by atoms with Gasteiger partial charge in [-0.25, -0.2) is 4.79 Å². The minimum Gasteiger partial charge on any atom is -0.478 e. The Morgan fingerprint density at radius 2 is 2.07 bits per heavy atom. The summed E-state index contributed by atoms with van der Waals surface area (Å²) in [4.78, 5) is 10.9. The smallest absolute Gasteiger partial charge is 0.336 e. The van der Waals surface area contributed by atoms with E-state index in [1.807, 2.05) is 12.1 Å². The lowest BCUT2D eigenvalue weighted by atomic mass is 10.0. The van der Waals surface area contributed by atoms with E-state index in [9.17, 15) is 4.79 Å². The van der Waals surface area contributed by atoms with Crippen molar-refractivity contribution in [1.82, 2.24) is 0 Å². The summed E-state index contributed by atoms with van der Waals surface area (Å²) >= 11 is 0. The van der Waals surface area contributed by atoms with Gasteiger partial charge < -0.3 is 10.5 Å². The van der Waals surface area contributed by atoms with Crippen molar-refractivity contribution < 1.29 is 9.90 Å². The van der Waals surface area contributed by atoms with Crippen LogP contribution in [0.2, 0.25) is 0 Å². The minimum absolute atomic E-state index is 0.302. The number of nitrogens with two attached hydrogens (primary N) is 1. The average molecular weight is 202 g/mol. The third kappa shape index (κ3) is 1.62. The number of anilines is 1. The number of benzene rings is 2. The summed E-state index contributed by atoms with van der Waals surface area (Å²) in [6, 6.07) is 10.4. The van der Waals surface area contributed by atoms with E-state index in [2.05, 4.69) is 5.43 Å². The number of carboxylic acids is 1. The molecule has 0 unspecified atom stereocenters. The number of fused-ring (bicyclic) bond motifs is 1. The van der Waals surface area contributed by atoms with Gasteiger partial charge in [0.05, 0.1) is 5.56 Å². The number of hydrazine groups is 1. The maximum absolute atomic E-state index is 10.9. The van der Waals surface area contributed by atoms with Crippen LogP contribution in [0.1, 0.15) is 10.4 Å². The third-order valence-electron chi connectivity index (χ3n) is 2.28. The topological polar surface area (TPSA) is 75.3 Å². The first-order chi connectivity index (χ1) is 7.22. The van der Waals surface area contributed by atoms with Crippen LogP contribution >= 0.6 is 0 Å². The molecule has 0 aliphatic rings. The Kier molecular flexibility index (Phi) is 2.27. The largest absolute Gasteiger partial charge is 0.478 e. The lowest BCUT2D eigenvalue weighted by Gasteiger charge is -2.04. The Balaban J connectivity index is 2.72. The molecule has 4 nitrogen and oxygen atoms in total. The first kappa shape index (κ1) is 9.48. The van der Waals surface area contributed by atoms with E-state index >= 15 is 0 Å². The monoisotopic (exact) mass is 202 g/mol. The Bertz CT molecular complexity index is 523. The molecule has 15 heavy (non-hydrogen) atoms. The zero-order chi connectivity index (χ0) is 10.8. The first-order valence-corrected chi connectivity index (χ1v) is 4.45. The number of aromatic carboxylic acids is 1. The van der Waals surface area contributed by atoms with Crippen molar-refractivity contribution >= 4 is 22.4 Å². The quantitative estimate of drug-likeness (QED) is 0.513. The number of carboxylic acid groups (broad SMARTS) is 1. The van der Waals surface area contributed by atoms with Crippen molar-refractivity contribution in [3.63, 3.8) is 0 Å². The maximum Gasteiger partial charge on any atom is 0.336 e. The van der Waals surface area contributed by atoms with Crippen molar-refractivity contribution in [2.24, 2.45) is 5.84 Å². The molecule has 0 bridgehead atoms. The van der Waals surface area contributed by atoms with Gasteiger partial charge in [-0.15, -0.1) is 0 Å². The SMILES string of the molecule is NNc1ccc2c(C(=O)O)cccc2c1. The molecule has 0 atom stereocenters. The van der Waals surface area contributed by atoms with Gasteiger partial charge >= 0.3 is 5.97 Å². The summed E-state index contributed by atoms with van der Waals surface area (Å²) < 4.78 is 0. The summed E-state index contributed by atoms with van der Waals surface area (Å²) in [6.45, 7) is 0. The molecular weight excluding hydrogens is 192 g/mol. The molecule has 0 aliphatic heterocycles. The van der Waals surface area contributed by atoms with Crippen LogP contribution in [0, 0.1) is 0 Å². The highest BCUT2D eigenvalue weighted by Gasteiger charge is 2.07. The summed E-state index contributed by atoms with van der Waals surface area (Å²) in [5.74, 6) is 4.35. The van der Waals surface area contributed by atoms with E-state index in [1.54, 1.807) is 24.3 Å². The van der Waals surface area contributed by atoms with Crippen molar-refractivity contribution in [2.45, 2.75) is 0 Å². The fraction of sp³-hybridized carbons (Fsp3) is 0. The molecule has 76 valence electrons. The molecule has 0 radical (unpaired) electrons. The van der Waals surface area contributed by atoms with Crippen LogP contribution in [-0.4, -0.2) is 11.1 Å². The summed E-state index contributed by atoms with van der Waals surface area (Å²) in [7, 11) is 0. The minimum atomic E-state index is -0.922. The second-order valence-corrected chi connectivity index (χ2v) is 3.19. The van der Waals surface area contributed by atoms with Crippen LogP contribution in [0.25, 0.3) is 10.8 Å². The molecule has 0 aliphatic carbocycles. The van der Waals surface area contributed by atoms with Crippen LogP contribution in [0.5, 0.6) is 0 Å². The van der Waals surface area contributed by atoms with Crippen LogP contribution in [0.15, 0.2) is 36.4 Å². The number of nitrogen functional groups attached to an aromatic ring is 1. The molecule has 2 aromatic carbocycles. The second-order valence-electron chi connectivity index (χ2n) is 3.19. The van der Waals surface area contributed by atoms with Crippen LogP contribution in [-0.2, 0) is 0 Å². The van der Waals surface area contributed by atoms with Crippen molar-refractivity contribution in [2.75, 3.05) is 5.43 Å². The predicted molar refractivity (Wildman–Crippen MR) is 58.7 cm³/mol. The van der Waals surface area contributed by atoms with Gasteiger partial charge in [0.2, 0.25) is 0 Å². The van der Waals surface area contributed by atoms with Crippen molar-refractivity contribution in [3.05, 3.63) is 42.0 Å². The molecule has 2 rings (SSSR count). The average Bonchev–Trinajstić information content (AvgIpc) is 2.27. The van der Waals surface area contributed by atoms with E-state index in [0.717, 1.165) is 11.1 Å². The molecule has 4 N–H and O–H groups in total. The zero-order valence-electron chi connectivity index (χ0n) is 7.90. The van der Waals surface area contributed by atoms with E-state index < -0.39 is 5.97 Å². The molecule has 4 heteroatoms. The Morgan fingerprint density at radius 1 is 1.27 bits per heavy atom. The molecular formula is C11H10N2O2. The normalized spacial score (nSPS) is 10.2. The molecule has 2 aromatic rings. The fourth-order valence-electron chi connectivity index (χ4n) is 1.56. The van der Waals surface area contributed by atoms with Crippen LogP contribution < -0.4 is 11.3 Å². The molecule has 0 spiro atoms. The van der Waals surface area contributed by atoms with E-state index in [1.165, 1.54) is 0 Å². The maximum atomic E-state index is 10.9. The highest BCUT2D eigenvalue weighted by molar-refractivity contribution is 6.04. The predicted octanol–water partition coefficient (Wildman–Crippen LogP) is 1.82. The van der Waals surface area contributed by atoms with Gasteiger partial charge in [-0.1, -0.05) is 18.2 Å². The number of hydrogen-bond donors (Lipinski definition) is 3. The first-order valence-electron chi connectivity index (χ1n) is 4.45. The number of carbonyl (C=O) groups is 1. The van der Waals surface area contributed by atoms with Crippen LogP contribution in [0.4, 0.5) is 5.69 Å². The zero-order valence-corrected chi connectivity index (χ0v) is 7.90. The van der Waals surface area contributed by atoms with Crippen molar-refractivity contribution in [1.29, 1.82) is 0 Å². The molecule has 0 fully saturated rings. The highest BCUT2D eigenvalue weighted by atomic mass is 16.4. The Hall–Kier alpha value is -2.07. The highest BCUT2D eigenvalue weighted by Crippen LogP contribution is 2.22. The molecule has 0 aromatic heterocycles. The Labute approximate surface area is 86.3 Å². The molecule has 0 heterocycles. The number of hydrogen-bond acceptors (Lipinski definition) is 3. The lowest BCUT2D eigenvalue weighted by Crippen LogP contribution is -2.06. The summed E-state index contributed by atoms with van der Waals surface area (Å²) in [5, 5.41) is 10.5. The van der Waals surface area contributed by atoms with Crippen molar-refractivity contribution in [3.8, 4) is 0 Å². The van der Waals surface area contributed by atoms with Gasteiger partial charge in [0.15, 0.2) is 0 Å². The van der Waals surface area contributed by atoms with E-state index in [0.29, 0.717) is 10.9 Å². The Morgan fingerprint density at radius 3 is 2.73 bits per heavy atom. The molecule has 0 saturated heterocycles. The van der Waals surface area contributed by atoms with Gasteiger partial charge in [0.1, 0.15) is 0 Å². The van der Waals surface area contributed by atoms with Gasteiger partial charge in [0.25, 0.3) is 0 Å². The third-order valence-corrected chi connectivity index (χ3v) is 2.28. The van der Waals surface area contributed by atoms with E-state index in [-0.39, 0.29) is 0 Å². The van der Waals surface area contributed by atoms with Crippen LogP contribution in [0.3, 0.4) is 0 Å². The van der Waals surface area contributed by atoms with Gasteiger partial charge in [-0.3, -0.25) is 5.84 Å². The molecule has 0 saturated carbocycles. The van der Waals surface area contributed by atoms with Gasteiger partial charge in [0, 0.05) is 5.69 Å². The summed E-state index contributed by atoms with van der Waals surface area (Å²) in [6.07, 6.45) is 0. The second kappa shape index (κ2) is 3.59. The summed E-state index contributed by atoms with van der Waals surface area (Å²) in [5.41, 5.74) is 3.58. The van der Waals surface area contributed by atoms with Gasteiger partial charge in [-0.2, -0.15) is 0 Å².